The van der Waals surface area contributed by atoms with E-state index in [0.717, 1.165) is 4.90 Å². The van der Waals surface area contributed by atoms with Crippen LogP contribution in [0.25, 0.3) is 0 Å². The molecule has 1 aromatic carbocycles. The minimum Gasteiger partial charge on any atom is -0.466 e. The van der Waals surface area contributed by atoms with Crippen molar-refractivity contribution >= 4 is 29.6 Å². The van der Waals surface area contributed by atoms with Gasteiger partial charge in [-0.25, -0.2) is 0 Å². The summed E-state index contributed by atoms with van der Waals surface area (Å²) in [6, 6.07) is 6.56. The first-order valence-corrected chi connectivity index (χ1v) is 10.6. The topological polar surface area (TPSA) is 113 Å². The maximum atomic E-state index is 12.3. The van der Waals surface area contributed by atoms with E-state index in [2.05, 4.69) is 5.32 Å². The van der Waals surface area contributed by atoms with E-state index in [-0.39, 0.29) is 61.4 Å². The lowest BCUT2D eigenvalue weighted by atomic mass is 10.0. The predicted octanol–water partition coefficient (Wildman–Crippen LogP) is 1.12. The second-order valence-electron chi connectivity index (χ2n) is 7.59. The van der Waals surface area contributed by atoms with Crippen molar-refractivity contribution < 1.29 is 28.7 Å². The number of hydrogen-bond acceptors (Lipinski definition) is 6. The summed E-state index contributed by atoms with van der Waals surface area (Å²) in [7, 11) is 0. The predicted molar refractivity (Wildman–Crippen MR) is 110 cm³/mol. The molecular formula is C22H27N3O6. The van der Waals surface area contributed by atoms with Gasteiger partial charge in [0.05, 0.1) is 24.2 Å². The van der Waals surface area contributed by atoms with E-state index in [1.54, 1.807) is 36.1 Å². The molecule has 0 radical (unpaired) electrons. The smallest absolute Gasteiger partial charge is 0.306 e. The monoisotopic (exact) mass is 429 g/mol. The number of benzene rings is 1. The number of esters is 1. The molecular weight excluding hydrogens is 402 g/mol. The highest BCUT2D eigenvalue weighted by Gasteiger charge is 2.35. The summed E-state index contributed by atoms with van der Waals surface area (Å²) in [4.78, 5) is 63.4. The van der Waals surface area contributed by atoms with Crippen LogP contribution in [0.2, 0.25) is 0 Å². The Kier molecular flexibility index (Phi) is 7.38. The molecule has 166 valence electrons. The van der Waals surface area contributed by atoms with Crippen molar-refractivity contribution in [3.63, 3.8) is 0 Å². The molecule has 2 heterocycles. The van der Waals surface area contributed by atoms with Crippen molar-refractivity contribution in [2.45, 2.75) is 45.1 Å². The summed E-state index contributed by atoms with van der Waals surface area (Å²) < 4.78 is 4.83. The molecule has 4 amide bonds. The number of piperidine rings is 1. The summed E-state index contributed by atoms with van der Waals surface area (Å²) >= 11 is 0. The Labute approximate surface area is 180 Å². The fraction of sp³-hybridized carbons (Fsp3) is 0.500. The van der Waals surface area contributed by atoms with E-state index < -0.39 is 0 Å². The number of amides is 4. The lowest BCUT2D eigenvalue weighted by Crippen LogP contribution is -2.47. The zero-order chi connectivity index (χ0) is 22.4. The zero-order valence-electron chi connectivity index (χ0n) is 17.6. The van der Waals surface area contributed by atoms with Crippen molar-refractivity contribution in [1.29, 1.82) is 0 Å². The first kappa shape index (κ1) is 22.5. The third kappa shape index (κ3) is 5.48. The fourth-order valence-electron chi connectivity index (χ4n) is 3.83. The second-order valence-corrected chi connectivity index (χ2v) is 7.59. The van der Waals surface area contributed by atoms with Gasteiger partial charge in [0.15, 0.2) is 0 Å². The van der Waals surface area contributed by atoms with Crippen LogP contribution in [0.5, 0.6) is 0 Å². The summed E-state index contributed by atoms with van der Waals surface area (Å²) in [5, 5.41) is 2.92. The van der Waals surface area contributed by atoms with Crippen LogP contribution >= 0.6 is 0 Å². The van der Waals surface area contributed by atoms with E-state index in [1.807, 2.05) is 0 Å². The van der Waals surface area contributed by atoms with Crippen molar-refractivity contribution in [2.75, 3.05) is 26.2 Å². The van der Waals surface area contributed by atoms with Crippen LogP contribution in [-0.2, 0) is 19.1 Å². The van der Waals surface area contributed by atoms with Crippen LogP contribution in [-0.4, -0.2) is 71.7 Å². The Morgan fingerprint density at radius 3 is 2.19 bits per heavy atom. The van der Waals surface area contributed by atoms with Crippen LogP contribution in [0.15, 0.2) is 24.3 Å². The van der Waals surface area contributed by atoms with Gasteiger partial charge < -0.3 is 15.0 Å². The molecule has 0 unspecified atom stereocenters. The van der Waals surface area contributed by atoms with Crippen molar-refractivity contribution in [2.24, 2.45) is 0 Å². The molecule has 0 bridgehead atoms. The van der Waals surface area contributed by atoms with Crippen molar-refractivity contribution in [1.82, 2.24) is 15.1 Å². The molecule has 0 spiro atoms. The number of likely N-dealkylation sites (tertiary alicyclic amines) is 1. The number of nitrogens with zero attached hydrogens (tertiary/aromatic N) is 2. The number of carbonyl (C=O) groups excluding carboxylic acids is 5. The number of hydrogen-bond donors (Lipinski definition) is 1. The molecule has 0 saturated carbocycles. The number of ether oxygens (including phenoxy) is 1. The van der Waals surface area contributed by atoms with Gasteiger partial charge in [0.25, 0.3) is 11.8 Å². The van der Waals surface area contributed by atoms with Gasteiger partial charge >= 0.3 is 5.97 Å². The summed E-state index contributed by atoms with van der Waals surface area (Å²) in [5.41, 5.74) is 0.737. The summed E-state index contributed by atoms with van der Waals surface area (Å²) in [6.45, 7) is 3.06. The molecule has 1 saturated heterocycles. The van der Waals surface area contributed by atoms with Crippen LogP contribution in [0.3, 0.4) is 0 Å². The van der Waals surface area contributed by atoms with Crippen LogP contribution in [0.4, 0.5) is 0 Å². The lowest BCUT2D eigenvalue weighted by Gasteiger charge is -2.32. The van der Waals surface area contributed by atoms with E-state index in [1.165, 1.54) is 0 Å². The quantitative estimate of drug-likeness (QED) is 0.490. The first-order chi connectivity index (χ1) is 14.9. The minimum absolute atomic E-state index is 0.0311. The van der Waals surface area contributed by atoms with Crippen molar-refractivity contribution in [3.8, 4) is 0 Å². The van der Waals surface area contributed by atoms with Gasteiger partial charge in [0.1, 0.15) is 0 Å². The number of fused-ring (bicyclic) bond motifs is 1. The molecule has 0 aliphatic carbocycles. The molecule has 1 fully saturated rings. The van der Waals surface area contributed by atoms with Crippen LogP contribution in [0.1, 0.15) is 59.7 Å². The standard InChI is InChI=1S/C22H27N3O6/c1-2-31-20(28)8-7-19(27)24-12-9-15(10-13-24)23-18(26)11-14-25-21(29)16-5-3-4-6-17(16)22(25)30/h3-6,15H,2,7-14H2,1H3,(H,23,26). The maximum Gasteiger partial charge on any atom is 0.306 e. The molecule has 0 atom stereocenters. The highest BCUT2D eigenvalue weighted by Crippen LogP contribution is 2.22. The van der Waals surface area contributed by atoms with Gasteiger partial charge in [-0.3, -0.25) is 28.9 Å². The van der Waals surface area contributed by atoms with E-state index >= 15 is 0 Å². The van der Waals surface area contributed by atoms with Gasteiger partial charge in [-0.15, -0.1) is 0 Å². The Bertz CT molecular complexity index is 841. The molecule has 2 aliphatic heterocycles. The normalized spacial score (nSPS) is 16.3. The fourth-order valence-corrected chi connectivity index (χ4v) is 3.83. The van der Waals surface area contributed by atoms with Crippen LogP contribution < -0.4 is 5.32 Å². The average molecular weight is 429 g/mol. The van der Waals surface area contributed by atoms with Crippen molar-refractivity contribution in [3.05, 3.63) is 35.4 Å². The molecule has 31 heavy (non-hydrogen) atoms. The Morgan fingerprint density at radius 1 is 1.00 bits per heavy atom. The molecule has 0 aromatic heterocycles. The number of carbonyl (C=O) groups is 5. The molecule has 3 rings (SSSR count). The third-order valence-electron chi connectivity index (χ3n) is 5.50. The SMILES string of the molecule is CCOC(=O)CCC(=O)N1CCC(NC(=O)CCN2C(=O)c3ccccc3C2=O)CC1. The maximum absolute atomic E-state index is 12.3. The zero-order valence-corrected chi connectivity index (χ0v) is 17.6. The molecule has 1 aromatic rings. The lowest BCUT2D eigenvalue weighted by molar-refractivity contribution is -0.146. The summed E-state index contributed by atoms with van der Waals surface area (Å²) in [5.74, 6) is -1.45. The third-order valence-corrected chi connectivity index (χ3v) is 5.50. The van der Waals surface area contributed by atoms with Gasteiger partial charge in [0, 0.05) is 38.5 Å². The molecule has 1 N–H and O–H groups in total. The van der Waals surface area contributed by atoms with E-state index in [9.17, 15) is 24.0 Å². The first-order valence-electron chi connectivity index (χ1n) is 10.6. The minimum atomic E-state index is -0.379. The van der Waals surface area contributed by atoms with E-state index in [4.69, 9.17) is 4.74 Å². The number of rotatable bonds is 8. The van der Waals surface area contributed by atoms with Gasteiger partial charge in [0.2, 0.25) is 11.8 Å². The molecule has 9 heteroatoms. The number of imide groups is 1. The number of nitrogens with one attached hydrogen (secondary N) is 1. The van der Waals surface area contributed by atoms with Gasteiger partial charge in [-0.2, -0.15) is 0 Å². The van der Waals surface area contributed by atoms with Gasteiger partial charge in [-0.1, -0.05) is 12.1 Å². The Hall–Kier alpha value is -3.23. The van der Waals surface area contributed by atoms with Gasteiger partial charge in [-0.05, 0) is 31.9 Å². The second kappa shape index (κ2) is 10.2. The van der Waals surface area contributed by atoms with E-state index in [0.29, 0.717) is 43.7 Å². The van der Waals surface area contributed by atoms with Crippen LogP contribution in [0, 0.1) is 0 Å². The summed E-state index contributed by atoms with van der Waals surface area (Å²) in [6.07, 6.45) is 1.45. The Balaban J connectivity index is 1.38. The molecule has 2 aliphatic rings. The Morgan fingerprint density at radius 2 is 1.61 bits per heavy atom. The average Bonchev–Trinajstić information content (AvgIpc) is 3.01. The highest BCUT2D eigenvalue weighted by atomic mass is 16.5. The highest BCUT2D eigenvalue weighted by molar-refractivity contribution is 6.21. The largest absolute Gasteiger partial charge is 0.466 e. The molecule has 9 nitrogen and oxygen atoms in total.